The van der Waals surface area contributed by atoms with E-state index in [9.17, 15) is 0 Å². The van der Waals surface area contributed by atoms with Crippen LogP contribution in [-0.2, 0) is 0 Å². The largest absolute Gasteiger partial charge is 0.338 e. The molecule has 0 atom stereocenters. The maximum Gasteiger partial charge on any atom is 0.141 e. The number of anilines is 2. The zero-order chi connectivity index (χ0) is 11.3. The van der Waals surface area contributed by atoms with E-state index in [1.807, 2.05) is 11.0 Å². The minimum atomic E-state index is 1.04. The van der Waals surface area contributed by atoms with Crippen molar-refractivity contribution >= 4 is 23.5 Å². The summed E-state index contributed by atoms with van der Waals surface area (Å²) < 4.78 is 1.94. The molecule has 82 valence electrons. The highest BCUT2D eigenvalue weighted by molar-refractivity contribution is 7.98. The first kappa shape index (κ1) is 9.78. The van der Waals surface area contributed by atoms with Crippen LogP contribution < -0.4 is 5.32 Å². The monoisotopic (exact) mass is 231 g/mol. The van der Waals surface area contributed by atoms with Gasteiger partial charge in [0.2, 0.25) is 0 Å². The minimum absolute atomic E-state index is 1.04. The van der Waals surface area contributed by atoms with Crippen LogP contribution in [0.15, 0.2) is 23.1 Å². The zero-order valence-electron chi connectivity index (χ0n) is 9.53. The Morgan fingerprint density at radius 3 is 2.81 bits per heavy atom. The average Bonchev–Trinajstić information content (AvgIpc) is 2.54. The van der Waals surface area contributed by atoms with E-state index >= 15 is 0 Å². The molecule has 3 rings (SSSR count). The van der Waals surface area contributed by atoms with Gasteiger partial charge in [0.1, 0.15) is 5.82 Å². The molecule has 1 aromatic carbocycles. The van der Waals surface area contributed by atoms with Crippen LogP contribution in [0.1, 0.15) is 16.8 Å². The normalized spacial score (nSPS) is 12.9. The van der Waals surface area contributed by atoms with E-state index in [1.54, 1.807) is 11.9 Å². The van der Waals surface area contributed by atoms with Crippen LogP contribution in [0.4, 0.5) is 11.5 Å². The van der Waals surface area contributed by atoms with Crippen LogP contribution in [0.2, 0.25) is 0 Å². The van der Waals surface area contributed by atoms with Gasteiger partial charge in [-0.05, 0) is 38.0 Å². The first-order valence-electron chi connectivity index (χ1n) is 5.27. The van der Waals surface area contributed by atoms with Gasteiger partial charge < -0.3 is 5.32 Å². The molecule has 0 fully saturated rings. The number of fused-ring (bicyclic) bond motifs is 2. The maximum absolute atomic E-state index is 4.43. The predicted molar refractivity (Wildman–Crippen MR) is 67.4 cm³/mol. The first-order chi connectivity index (χ1) is 7.63. The quantitative estimate of drug-likeness (QED) is 0.643. The molecule has 0 unspecified atom stereocenters. The van der Waals surface area contributed by atoms with Gasteiger partial charge in [0.15, 0.2) is 0 Å². The van der Waals surface area contributed by atoms with Crippen molar-refractivity contribution in [1.82, 2.24) is 9.19 Å². The molecule has 1 N–H and O–H groups in total. The Bertz CT molecular complexity index is 572. The van der Waals surface area contributed by atoms with Crippen LogP contribution in [0.3, 0.4) is 0 Å². The summed E-state index contributed by atoms with van der Waals surface area (Å²) in [6.07, 6.45) is 0. The number of hydrogen-bond acceptors (Lipinski definition) is 3. The molecule has 1 aliphatic heterocycles. The van der Waals surface area contributed by atoms with Crippen molar-refractivity contribution in [3.8, 4) is 0 Å². The van der Waals surface area contributed by atoms with E-state index in [0.717, 1.165) is 11.5 Å². The Morgan fingerprint density at radius 2 is 2.00 bits per heavy atom. The summed E-state index contributed by atoms with van der Waals surface area (Å²) in [6.45, 7) is 6.27. The molecule has 3 nitrogen and oxygen atoms in total. The van der Waals surface area contributed by atoms with E-state index in [1.165, 1.54) is 21.7 Å². The van der Waals surface area contributed by atoms with Crippen LogP contribution in [0, 0.1) is 20.8 Å². The molecular formula is C12H13N3S. The van der Waals surface area contributed by atoms with Gasteiger partial charge in [-0.25, -0.2) is 0 Å². The second kappa shape index (κ2) is 3.28. The minimum Gasteiger partial charge on any atom is -0.338 e. The van der Waals surface area contributed by atoms with Gasteiger partial charge in [-0.1, -0.05) is 6.07 Å². The van der Waals surface area contributed by atoms with E-state index in [-0.39, 0.29) is 0 Å². The molecule has 1 aliphatic rings. The van der Waals surface area contributed by atoms with E-state index < -0.39 is 0 Å². The van der Waals surface area contributed by atoms with Crippen molar-refractivity contribution in [3.05, 3.63) is 35.0 Å². The number of hydrogen-bond donors (Lipinski definition) is 1. The Morgan fingerprint density at radius 1 is 1.19 bits per heavy atom. The predicted octanol–water partition coefficient (Wildman–Crippen LogP) is 3.42. The topological polar surface area (TPSA) is 29.9 Å². The highest BCUT2D eigenvalue weighted by Gasteiger charge is 2.18. The molecular weight excluding hydrogens is 218 g/mol. The van der Waals surface area contributed by atoms with Crippen molar-refractivity contribution in [2.45, 2.75) is 25.7 Å². The summed E-state index contributed by atoms with van der Waals surface area (Å²) in [5.41, 5.74) is 4.82. The average molecular weight is 231 g/mol. The second-order valence-corrected chi connectivity index (χ2v) is 5.18. The van der Waals surface area contributed by atoms with E-state index in [2.05, 4.69) is 42.5 Å². The standard InChI is InChI=1S/C12H13N3S/c1-7-4-8(2)12-10(5-7)16-15-11(13-12)6-9(3)14-15/h4-6,13H,1-3H3. The number of aryl methyl sites for hydroxylation is 3. The van der Waals surface area contributed by atoms with Gasteiger partial charge in [-0.15, -0.1) is 0 Å². The lowest BCUT2D eigenvalue weighted by Crippen LogP contribution is -2.07. The number of benzene rings is 1. The molecule has 0 saturated carbocycles. The van der Waals surface area contributed by atoms with Crippen molar-refractivity contribution in [1.29, 1.82) is 0 Å². The third-order valence-corrected chi connectivity index (χ3v) is 3.65. The lowest BCUT2D eigenvalue weighted by molar-refractivity contribution is 0.970. The van der Waals surface area contributed by atoms with Crippen molar-refractivity contribution in [2.24, 2.45) is 0 Å². The fraction of sp³-hybridized carbons (Fsp3) is 0.250. The van der Waals surface area contributed by atoms with E-state index in [0.29, 0.717) is 0 Å². The lowest BCUT2D eigenvalue weighted by atomic mass is 10.1. The maximum atomic E-state index is 4.43. The number of nitrogens with one attached hydrogen (secondary N) is 1. The Hall–Kier alpha value is -1.42. The molecule has 1 aromatic heterocycles. The van der Waals surface area contributed by atoms with E-state index in [4.69, 9.17) is 0 Å². The second-order valence-electron chi connectivity index (χ2n) is 4.22. The number of aromatic nitrogens is 2. The summed E-state index contributed by atoms with van der Waals surface area (Å²) in [7, 11) is 0. The van der Waals surface area contributed by atoms with Crippen LogP contribution in [-0.4, -0.2) is 9.19 Å². The van der Waals surface area contributed by atoms with Crippen molar-refractivity contribution in [3.63, 3.8) is 0 Å². The van der Waals surface area contributed by atoms with Crippen molar-refractivity contribution in [2.75, 3.05) is 5.32 Å². The zero-order valence-corrected chi connectivity index (χ0v) is 10.4. The smallest absolute Gasteiger partial charge is 0.141 e. The molecule has 0 radical (unpaired) electrons. The highest BCUT2D eigenvalue weighted by Crippen LogP contribution is 2.40. The van der Waals surface area contributed by atoms with Gasteiger partial charge in [0.05, 0.1) is 16.3 Å². The SMILES string of the molecule is Cc1cc(C)c2c(c1)Sn1nc(C)cc1N2. The molecule has 4 heteroatoms. The Balaban J connectivity index is 2.15. The van der Waals surface area contributed by atoms with Crippen LogP contribution >= 0.6 is 11.9 Å². The third kappa shape index (κ3) is 1.41. The van der Waals surface area contributed by atoms with Gasteiger partial charge >= 0.3 is 0 Å². The molecule has 2 heterocycles. The molecule has 2 aromatic rings. The Labute approximate surface area is 99.0 Å². The summed E-state index contributed by atoms with van der Waals surface area (Å²) in [6, 6.07) is 6.46. The van der Waals surface area contributed by atoms with Gasteiger partial charge in [0.25, 0.3) is 0 Å². The number of nitrogens with zero attached hydrogens (tertiary/aromatic N) is 2. The molecule has 0 saturated heterocycles. The summed E-state index contributed by atoms with van der Waals surface area (Å²) in [4.78, 5) is 1.24. The first-order valence-corrected chi connectivity index (χ1v) is 6.04. The molecule has 0 amide bonds. The lowest BCUT2D eigenvalue weighted by Gasteiger charge is -2.20. The van der Waals surface area contributed by atoms with Gasteiger partial charge in [-0.3, -0.25) is 0 Å². The summed E-state index contributed by atoms with van der Waals surface area (Å²) in [5.74, 6) is 1.06. The fourth-order valence-electron chi connectivity index (χ4n) is 2.01. The molecule has 0 bridgehead atoms. The van der Waals surface area contributed by atoms with Crippen LogP contribution in [0.5, 0.6) is 0 Å². The molecule has 0 spiro atoms. The number of rotatable bonds is 0. The Kier molecular flexibility index (Phi) is 2.01. The molecule has 0 aliphatic carbocycles. The van der Waals surface area contributed by atoms with Crippen LogP contribution in [0.25, 0.3) is 0 Å². The van der Waals surface area contributed by atoms with Gasteiger partial charge in [0, 0.05) is 18.0 Å². The highest BCUT2D eigenvalue weighted by atomic mass is 32.2. The summed E-state index contributed by atoms with van der Waals surface area (Å²) in [5, 5.41) is 7.86. The van der Waals surface area contributed by atoms with Gasteiger partial charge in [-0.2, -0.15) is 9.19 Å². The molecule has 16 heavy (non-hydrogen) atoms. The summed E-state index contributed by atoms with van der Waals surface area (Å²) >= 11 is 1.67. The van der Waals surface area contributed by atoms with Crippen molar-refractivity contribution < 1.29 is 0 Å². The fourth-order valence-corrected chi connectivity index (χ4v) is 3.11. The third-order valence-electron chi connectivity index (χ3n) is 2.68.